The Hall–Kier alpha value is -1.73. The van der Waals surface area contributed by atoms with Crippen LogP contribution in [0.15, 0.2) is 18.2 Å². The number of benzene rings is 1. The summed E-state index contributed by atoms with van der Waals surface area (Å²) in [6, 6.07) is 3.12. The molecule has 1 aliphatic rings. The van der Waals surface area contributed by atoms with Gasteiger partial charge < -0.3 is 15.7 Å². The van der Waals surface area contributed by atoms with Gasteiger partial charge in [-0.1, -0.05) is 6.07 Å². The van der Waals surface area contributed by atoms with E-state index in [0.717, 1.165) is 19.4 Å². The Morgan fingerprint density at radius 1 is 1.43 bits per heavy atom. The van der Waals surface area contributed by atoms with E-state index in [1.807, 2.05) is 4.90 Å². The highest BCUT2D eigenvalue weighted by molar-refractivity contribution is 5.74. The van der Waals surface area contributed by atoms with E-state index in [9.17, 15) is 13.6 Å². The molecule has 7 heteroatoms. The fraction of sp³-hybridized carbons (Fsp3) is 0.562. The minimum Gasteiger partial charge on any atom is -0.394 e. The highest BCUT2D eigenvalue weighted by Crippen LogP contribution is 2.18. The van der Waals surface area contributed by atoms with Crippen LogP contribution in [0.5, 0.6) is 0 Å². The number of rotatable bonds is 5. The Morgan fingerprint density at radius 3 is 2.78 bits per heavy atom. The van der Waals surface area contributed by atoms with Crippen LogP contribution in [0.4, 0.5) is 13.6 Å². The Labute approximate surface area is 134 Å². The summed E-state index contributed by atoms with van der Waals surface area (Å²) in [7, 11) is 0. The van der Waals surface area contributed by atoms with Gasteiger partial charge >= 0.3 is 6.03 Å². The van der Waals surface area contributed by atoms with E-state index < -0.39 is 11.6 Å². The number of hydrogen-bond acceptors (Lipinski definition) is 3. The number of nitrogens with zero attached hydrogens (tertiary/aromatic N) is 1. The molecule has 5 nitrogen and oxygen atoms in total. The maximum atomic E-state index is 13.7. The average molecular weight is 327 g/mol. The van der Waals surface area contributed by atoms with Gasteiger partial charge in [0.1, 0.15) is 11.6 Å². The second kappa shape index (κ2) is 8.21. The van der Waals surface area contributed by atoms with Gasteiger partial charge in [0.15, 0.2) is 0 Å². The standard InChI is InChI=1S/C16H23F2N3O2/c1-11(10-22)19-16(23)20-12-4-3-7-21(8-12)9-13-14(17)5-2-6-15(13)18/h2,5-6,11-12,22H,3-4,7-10H2,1H3,(H2,19,20,23). The van der Waals surface area contributed by atoms with Crippen molar-refractivity contribution in [3.63, 3.8) is 0 Å². The summed E-state index contributed by atoms with van der Waals surface area (Å²) >= 11 is 0. The molecule has 0 bridgehead atoms. The topological polar surface area (TPSA) is 64.6 Å². The lowest BCUT2D eigenvalue weighted by molar-refractivity contribution is 0.174. The maximum Gasteiger partial charge on any atom is 0.315 e. The number of piperidine rings is 1. The number of nitrogens with one attached hydrogen (secondary N) is 2. The molecule has 3 N–H and O–H groups in total. The molecule has 23 heavy (non-hydrogen) atoms. The van der Waals surface area contributed by atoms with Crippen LogP contribution >= 0.6 is 0 Å². The van der Waals surface area contributed by atoms with Crippen LogP contribution in [0.3, 0.4) is 0 Å². The molecule has 2 rings (SSSR count). The largest absolute Gasteiger partial charge is 0.394 e. The number of aliphatic hydroxyl groups excluding tert-OH is 1. The number of amides is 2. The molecule has 1 fully saturated rings. The number of carbonyl (C=O) groups excluding carboxylic acids is 1. The Balaban J connectivity index is 1.89. The second-order valence-corrected chi connectivity index (χ2v) is 5.98. The van der Waals surface area contributed by atoms with Gasteiger partial charge in [-0.3, -0.25) is 4.90 Å². The minimum atomic E-state index is -0.547. The summed E-state index contributed by atoms with van der Waals surface area (Å²) in [6.07, 6.45) is 1.66. The third-order valence-electron chi connectivity index (χ3n) is 3.94. The summed E-state index contributed by atoms with van der Waals surface area (Å²) in [4.78, 5) is 13.7. The summed E-state index contributed by atoms with van der Waals surface area (Å²) in [5, 5.41) is 14.4. The van der Waals surface area contributed by atoms with Gasteiger partial charge in [-0.2, -0.15) is 0 Å². The molecule has 0 aliphatic carbocycles. The van der Waals surface area contributed by atoms with Crippen molar-refractivity contribution >= 4 is 6.03 Å². The number of halogens is 2. The summed E-state index contributed by atoms with van der Waals surface area (Å²) in [5.41, 5.74) is 0.0616. The molecule has 1 aromatic rings. The van der Waals surface area contributed by atoms with Gasteiger partial charge in [0.05, 0.1) is 12.6 Å². The van der Waals surface area contributed by atoms with Crippen molar-refractivity contribution in [2.75, 3.05) is 19.7 Å². The summed E-state index contributed by atoms with van der Waals surface area (Å²) in [5.74, 6) is -1.09. The van der Waals surface area contributed by atoms with Crippen molar-refractivity contribution in [2.24, 2.45) is 0 Å². The summed E-state index contributed by atoms with van der Waals surface area (Å²) < 4.78 is 27.5. The lowest BCUT2D eigenvalue weighted by atomic mass is 10.0. The Kier molecular flexibility index (Phi) is 6.29. The maximum absolute atomic E-state index is 13.7. The molecule has 1 aromatic carbocycles. The van der Waals surface area contributed by atoms with Gasteiger partial charge in [-0.15, -0.1) is 0 Å². The minimum absolute atomic E-state index is 0.0616. The fourth-order valence-corrected chi connectivity index (χ4v) is 2.72. The lowest BCUT2D eigenvalue weighted by Crippen LogP contribution is -2.52. The lowest BCUT2D eigenvalue weighted by Gasteiger charge is -2.33. The summed E-state index contributed by atoms with van der Waals surface area (Å²) in [6.45, 7) is 3.03. The third kappa shape index (κ3) is 5.14. The quantitative estimate of drug-likeness (QED) is 0.770. The van der Waals surface area contributed by atoms with Crippen molar-refractivity contribution in [1.29, 1.82) is 0 Å². The molecule has 0 spiro atoms. The zero-order valence-electron chi connectivity index (χ0n) is 13.2. The molecule has 1 aliphatic heterocycles. The van der Waals surface area contributed by atoms with Crippen LogP contribution in [0.25, 0.3) is 0 Å². The first-order valence-corrected chi connectivity index (χ1v) is 7.82. The van der Waals surface area contributed by atoms with Crippen LogP contribution in [-0.4, -0.2) is 47.8 Å². The third-order valence-corrected chi connectivity index (χ3v) is 3.94. The SMILES string of the molecule is CC(CO)NC(=O)NC1CCCN(Cc2c(F)cccc2F)C1. The first kappa shape index (κ1) is 17.6. The van der Waals surface area contributed by atoms with E-state index >= 15 is 0 Å². The van der Waals surface area contributed by atoms with Gasteiger partial charge in [0.25, 0.3) is 0 Å². The van der Waals surface area contributed by atoms with Crippen molar-refractivity contribution in [2.45, 2.75) is 38.4 Å². The predicted octanol–water partition coefficient (Wildman–Crippen LogP) is 1.61. The molecular formula is C16H23F2N3O2. The van der Waals surface area contributed by atoms with Crippen LogP contribution in [0.1, 0.15) is 25.3 Å². The molecule has 2 amide bonds. The van der Waals surface area contributed by atoms with Crippen LogP contribution in [-0.2, 0) is 6.54 Å². The van der Waals surface area contributed by atoms with Gasteiger partial charge in [0, 0.05) is 24.7 Å². The predicted molar refractivity (Wildman–Crippen MR) is 82.9 cm³/mol. The normalized spacial score (nSPS) is 20.1. The van der Waals surface area contributed by atoms with Crippen molar-refractivity contribution in [3.8, 4) is 0 Å². The molecule has 0 radical (unpaired) electrons. The van der Waals surface area contributed by atoms with Crippen molar-refractivity contribution in [3.05, 3.63) is 35.4 Å². The number of hydrogen-bond donors (Lipinski definition) is 3. The highest BCUT2D eigenvalue weighted by Gasteiger charge is 2.23. The van der Waals surface area contributed by atoms with Gasteiger partial charge in [0.2, 0.25) is 0 Å². The van der Waals surface area contributed by atoms with Crippen molar-refractivity contribution < 1.29 is 18.7 Å². The Morgan fingerprint density at radius 2 is 2.13 bits per heavy atom. The highest BCUT2D eigenvalue weighted by atomic mass is 19.1. The monoisotopic (exact) mass is 327 g/mol. The number of aliphatic hydroxyl groups is 1. The average Bonchev–Trinajstić information content (AvgIpc) is 2.51. The fourth-order valence-electron chi connectivity index (χ4n) is 2.72. The number of likely N-dealkylation sites (tertiary alicyclic amines) is 1. The van der Waals surface area contributed by atoms with Crippen LogP contribution in [0.2, 0.25) is 0 Å². The molecule has 1 heterocycles. The van der Waals surface area contributed by atoms with E-state index in [1.165, 1.54) is 18.2 Å². The zero-order chi connectivity index (χ0) is 16.8. The van der Waals surface area contributed by atoms with E-state index in [0.29, 0.717) is 6.54 Å². The van der Waals surface area contributed by atoms with Crippen LogP contribution in [0, 0.1) is 11.6 Å². The van der Waals surface area contributed by atoms with Crippen molar-refractivity contribution in [1.82, 2.24) is 15.5 Å². The molecule has 2 unspecified atom stereocenters. The molecular weight excluding hydrogens is 304 g/mol. The first-order chi connectivity index (χ1) is 11.0. The van der Waals surface area contributed by atoms with Gasteiger partial charge in [-0.05, 0) is 38.4 Å². The first-order valence-electron chi connectivity index (χ1n) is 7.82. The van der Waals surface area contributed by atoms with E-state index in [4.69, 9.17) is 5.11 Å². The molecule has 0 aromatic heterocycles. The van der Waals surface area contributed by atoms with E-state index in [1.54, 1.807) is 6.92 Å². The van der Waals surface area contributed by atoms with E-state index in [2.05, 4.69) is 10.6 Å². The Bertz CT molecular complexity index is 522. The second-order valence-electron chi connectivity index (χ2n) is 5.98. The van der Waals surface area contributed by atoms with Gasteiger partial charge in [-0.25, -0.2) is 13.6 Å². The number of carbonyl (C=O) groups is 1. The molecule has 1 saturated heterocycles. The molecule has 128 valence electrons. The molecule has 2 atom stereocenters. The number of urea groups is 1. The van der Waals surface area contributed by atoms with Crippen LogP contribution < -0.4 is 10.6 Å². The van der Waals surface area contributed by atoms with E-state index in [-0.39, 0.29) is 36.8 Å². The zero-order valence-corrected chi connectivity index (χ0v) is 13.2. The molecule has 0 saturated carbocycles. The smallest absolute Gasteiger partial charge is 0.315 e.